The van der Waals surface area contributed by atoms with E-state index in [2.05, 4.69) is 0 Å². The number of para-hydroxylation sites is 1. The number of imide groups is 1. The van der Waals surface area contributed by atoms with Crippen LogP contribution in [-0.2, 0) is 9.92 Å². The normalized spacial score (nSPS) is 24.1. The minimum Gasteiger partial charge on any atom is -0.351 e. The van der Waals surface area contributed by atoms with E-state index in [0.717, 1.165) is 0 Å². The van der Waals surface area contributed by atoms with E-state index in [1.54, 1.807) is 6.07 Å². The third kappa shape index (κ3) is 1.20. The number of nitrogens with two attached hydrogens (primary N) is 1. The molecule has 1 aromatic carbocycles. The maximum Gasteiger partial charge on any atom is 0.326 e. The van der Waals surface area contributed by atoms with Crippen molar-refractivity contribution in [3.63, 3.8) is 0 Å². The summed E-state index contributed by atoms with van der Waals surface area (Å²) in [6.07, 6.45) is 0. The Bertz CT molecular complexity index is 461. The Balaban J connectivity index is 2.67. The zero-order chi connectivity index (χ0) is 11.2. The first-order valence-corrected chi connectivity index (χ1v) is 4.45. The molecule has 0 radical (unpaired) electrons. The summed E-state index contributed by atoms with van der Waals surface area (Å²) in [6, 6.07) is 4.77. The lowest BCUT2D eigenvalue weighted by Gasteiger charge is -2.12. The van der Waals surface area contributed by atoms with Crippen molar-refractivity contribution in [2.75, 3.05) is 4.90 Å². The summed E-state index contributed by atoms with van der Waals surface area (Å²) in [5, 5.41) is -2.70. The summed E-state index contributed by atoms with van der Waals surface area (Å²) < 4.78 is 13.8. The lowest BCUT2D eigenvalue weighted by atomic mass is 10.1. The number of anilines is 1. The number of nitrogens with zero attached hydrogens (tertiary/aromatic N) is 1. The number of halogens is 2. The number of hydrogen-bond acceptors (Lipinski definition) is 2. The van der Waals surface area contributed by atoms with Crippen LogP contribution in [0.25, 0.3) is 0 Å². The maximum absolute atomic E-state index is 13.8. The summed E-state index contributed by atoms with van der Waals surface area (Å²) in [7, 11) is 0. The van der Waals surface area contributed by atoms with Crippen molar-refractivity contribution in [1.82, 2.24) is 0 Å². The van der Waals surface area contributed by atoms with Gasteiger partial charge in [-0.05, 0) is 6.07 Å². The topological polar surface area (TPSA) is 63.4 Å². The lowest BCUT2D eigenvalue weighted by Crippen LogP contribution is -2.41. The number of carbonyl (C=O) groups is 2. The number of rotatable bonds is 0. The van der Waals surface area contributed by atoms with Crippen LogP contribution in [0.5, 0.6) is 0 Å². The van der Waals surface area contributed by atoms with Gasteiger partial charge in [0.05, 0.1) is 5.69 Å². The highest BCUT2D eigenvalue weighted by molar-refractivity contribution is 6.41. The van der Waals surface area contributed by atoms with E-state index in [1.165, 1.54) is 18.2 Å². The van der Waals surface area contributed by atoms with Crippen LogP contribution in [0, 0.1) is 0 Å². The standard InChI is InChI=1S/C9H6ClFN2O2/c10-9(11)5-3-1-2-4-6(5)13(7(9)14)8(12)15/h1-4H,(H2,12,15). The summed E-state index contributed by atoms with van der Waals surface area (Å²) in [5.74, 6) is -1.17. The molecule has 1 aliphatic heterocycles. The molecule has 0 fully saturated rings. The minimum atomic E-state index is -2.70. The van der Waals surface area contributed by atoms with Crippen LogP contribution in [0.2, 0.25) is 0 Å². The van der Waals surface area contributed by atoms with E-state index >= 15 is 0 Å². The summed E-state index contributed by atoms with van der Waals surface area (Å²) >= 11 is 5.42. The molecule has 2 N–H and O–H groups in total. The van der Waals surface area contributed by atoms with Crippen molar-refractivity contribution in [1.29, 1.82) is 0 Å². The second kappa shape index (κ2) is 2.93. The van der Waals surface area contributed by atoms with Gasteiger partial charge in [-0.25, -0.2) is 14.1 Å². The molecule has 0 aromatic heterocycles. The Morgan fingerprint density at radius 2 is 2.07 bits per heavy atom. The van der Waals surface area contributed by atoms with E-state index in [4.69, 9.17) is 17.3 Å². The van der Waals surface area contributed by atoms with Crippen LogP contribution < -0.4 is 10.6 Å². The van der Waals surface area contributed by atoms with Gasteiger partial charge in [0.2, 0.25) is 0 Å². The fourth-order valence-electron chi connectivity index (χ4n) is 1.52. The van der Waals surface area contributed by atoms with Gasteiger partial charge >= 0.3 is 6.03 Å². The van der Waals surface area contributed by atoms with Gasteiger partial charge in [-0.1, -0.05) is 29.8 Å². The highest BCUT2D eigenvalue weighted by Gasteiger charge is 2.52. The van der Waals surface area contributed by atoms with E-state index in [1.807, 2.05) is 0 Å². The van der Waals surface area contributed by atoms with Crippen molar-refractivity contribution in [3.05, 3.63) is 29.8 Å². The van der Waals surface area contributed by atoms with Crippen molar-refractivity contribution in [2.24, 2.45) is 5.73 Å². The molecule has 2 rings (SSSR count). The first kappa shape index (κ1) is 9.92. The quantitative estimate of drug-likeness (QED) is 0.684. The number of alkyl halides is 2. The molecule has 1 aromatic rings. The number of fused-ring (bicyclic) bond motifs is 1. The number of carbonyl (C=O) groups excluding carboxylic acids is 2. The fraction of sp³-hybridized carbons (Fsp3) is 0.111. The number of urea groups is 1. The molecule has 1 unspecified atom stereocenters. The van der Waals surface area contributed by atoms with Gasteiger partial charge < -0.3 is 5.73 Å². The molecule has 0 saturated carbocycles. The molecule has 15 heavy (non-hydrogen) atoms. The van der Waals surface area contributed by atoms with Gasteiger partial charge in [0.1, 0.15) is 0 Å². The minimum absolute atomic E-state index is 0.0598. The molecule has 1 aliphatic rings. The van der Waals surface area contributed by atoms with Crippen molar-refractivity contribution < 1.29 is 14.0 Å². The third-order valence-corrected chi connectivity index (χ3v) is 2.54. The van der Waals surface area contributed by atoms with Gasteiger partial charge in [0.15, 0.2) is 0 Å². The van der Waals surface area contributed by atoms with Crippen molar-refractivity contribution in [2.45, 2.75) is 5.13 Å². The molecule has 78 valence electrons. The summed E-state index contributed by atoms with van der Waals surface area (Å²) in [6.45, 7) is 0. The Labute approximate surface area is 89.4 Å². The van der Waals surface area contributed by atoms with Crippen LogP contribution in [-0.4, -0.2) is 11.9 Å². The monoisotopic (exact) mass is 228 g/mol. The second-order valence-corrected chi connectivity index (χ2v) is 3.59. The number of benzene rings is 1. The van der Waals surface area contributed by atoms with Crippen LogP contribution in [0.15, 0.2) is 24.3 Å². The van der Waals surface area contributed by atoms with Gasteiger partial charge in [-0.2, -0.15) is 0 Å². The third-order valence-electron chi connectivity index (χ3n) is 2.18. The molecule has 4 nitrogen and oxygen atoms in total. The molecular formula is C9H6ClFN2O2. The van der Waals surface area contributed by atoms with Crippen LogP contribution >= 0.6 is 11.6 Å². The Hall–Kier alpha value is -1.62. The summed E-state index contributed by atoms with van der Waals surface area (Å²) in [4.78, 5) is 22.9. The zero-order valence-electron chi connectivity index (χ0n) is 7.41. The number of hydrogen-bond donors (Lipinski definition) is 1. The first-order valence-electron chi connectivity index (χ1n) is 4.07. The van der Waals surface area contributed by atoms with Crippen molar-refractivity contribution >= 4 is 29.2 Å². The number of primary amides is 1. The molecule has 0 spiro atoms. The zero-order valence-corrected chi connectivity index (χ0v) is 8.16. The molecule has 6 heteroatoms. The van der Waals surface area contributed by atoms with Gasteiger partial charge in [-0.3, -0.25) is 4.79 Å². The highest BCUT2D eigenvalue weighted by Crippen LogP contribution is 2.45. The average molecular weight is 229 g/mol. The molecule has 1 heterocycles. The summed E-state index contributed by atoms with van der Waals surface area (Å²) in [5.41, 5.74) is 5.00. The highest BCUT2D eigenvalue weighted by atomic mass is 35.5. The lowest BCUT2D eigenvalue weighted by molar-refractivity contribution is -0.123. The van der Waals surface area contributed by atoms with E-state index < -0.39 is 17.1 Å². The fourth-order valence-corrected chi connectivity index (χ4v) is 1.76. The van der Waals surface area contributed by atoms with Crippen LogP contribution in [0.4, 0.5) is 14.9 Å². The van der Waals surface area contributed by atoms with Gasteiger partial charge in [0.25, 0.3) is 11.0 Å². The van der Waals surface area contributed by atoms with Crippen molar-refractivity contribution in [3.8, 4) is 0 Å². The second-order valence-electron chi connectivity index (χ2n) is 3.07. The molecular weight excluding hydrogens is 223 g/mol. The Kier molecular flexibility index (Phi) is 1.94. The van der Waals surface area contributed by atoms with E-state index in [0.29, 0.717) is 4.90 Å². The smallest absolute Gasteiger partial charge is 0.326 e. The molecule has 0 bridgehead atoms. The van der Waals surface area contributed by atoms with Gasteiger partial charge in [-0.15, -0.1) is 0 Å². The van der Waals surface area contributed by atoms with Gasteiger partial charge in [0, 0.05) is 5.56 Å². The van der Waals surface area contributed by atoms with Crippen LogP contribution in [0.1, 0.15) is 5.56 Å². The Morgan fingerprint density at radius 1 is 1.47 bits per heavy atom. The Morgan fingerprint density at radius 3 is 2.67 bits per heavy atom. The van der Waals surface area contributed by atoms with Crippen LogP contribution in [0.3, 0.4) is 0 Å². The number of amides is 3. The molecule has 0 saturated heterocycles. The molecule has 0 aliphatic carbocycles. The van der Waals surface area contributed by atoms with E-state index in [9.17, 15) is 14.0 Å². The largest absolute Gasteiger partial charge is 0.351 e. The molecule has 3 amide bonds. The SMILES string of the molecule is NC(=O)N1C(=O)C(F)(Cl)c2ccccc21. The first-order chi connectivity index (χ1) is 6.96. The maximum atomic E-state index is 13.8. The molecule has 1 atom stereocenters. The van der Waals surface area contributed by atoms with E-state index in [-0.39, 0.29) is 11.3 Å². The average Bonchev–Trinajstić information content (AvgIpc) is 2.36. The predicted molar refractivity (Wildman–Crippen MR) is 52.2 cm³/mol. The predicted octanol–water partition coefficient (Wildman–Crippen LogP) is 1.47.